The average Bonchev–Trinajstić information content (AvgIpc) is 3.06. The maximum atomic E-state index is 13.6. The largest absolute Gasteiger partial charge is 0.349 e. The molecule has 5 nitrogen and oxygen atoms in total. The Balaban J connectivity index is 1.87. The van der Waals surface area contributed by atoms with E-state index in [1.165, 1.54) is 14.1 Å². The van der Waals surface area contributed by atoms with Gasteiger partial charge in [-0.05, 0) is 57.7 Å². The average molecular weight is 435 g/mol. The van der Waals surface area contributed by atoms with E-state index >= 15 is 0 Å². The van der Waals surface area contributed by atoms with Crippen molar-refractivity contribution in [3.8, 4) is 0 Å². The van der Waals surface area contributed by atoms with Crippen LogP contribution in [0, 0.1) is 13.8 Å². The number of nitrogens with zero attached hydrogens (tertiary/aromatic N) is 1. The van der Waals surface area contributed by atoms with Crippen LogP contribution in [-0.4, -0.2) is 37.5 Å². The summed E-state index contributed by atoms with van der Waals surface area (Å²) in [6, 6.07) is 11.8. The summed E-state index contributed by atoms with van der Waals surface area (Å²) in [4.78, 5) is 16.0. The Morgan fingerprint density at radius 3 is 2.34 bits per heavy atom. The Hall–Kier alpha value is -1.70. The summed E-state index contributed by atoms with van der Waals surface area (Å²) >= 11 is 1.74. The van der Waals surface area contributed by atoms with Crippen molar-refractivity contribution >= 4 is 27.3 Å². The van der Waals surface area contributed by atoms with E-state index in [0.29, 0.717) is 25.9 Å². The minimum Gasteiger partial charge on any atom is -0.349 e. The zero-order chi connectivity index (χ0) is 21.2. The molecule has 1 amide bonds. The van der Waals surface area contributed by atoms with Crippen LogP contribution in [0.3, 0.4) is 0 Å². The molecule has 29 heavy (non-hydrogen) atoms. The van der Waals surface area contributed by atoms with E-state index in [2.05, 4.69) is 25.2 Å². The first-order chi connectivity index (χ1) is 13.7. The molecule has 1 N–H and O–H groups in total. The van der Waals surface area contributed by atoms with Crippen molar-refractivity contribution in [3.63, 3.8) is 0 Å². The van der Waals surface area contributed by atoms with E-state index in [9.17, 15) is 13.2 Å². The van der Waals surface area contributed by atoms with Crippen LogP contribution >= 0.6 is 11.3 Å². The second kappa shape index (κ2) is 8.58. The van der Waals surface area contributed by atoms with Gasteiger partial charge in [0.25, 0.3) is 0 Å². The Bertz CT molecular complexity index is 959. The number of amides is 1. The SMILES string of the molecule is CCS(=O)(=O)N1CCC(C(=O)NC(C)c2cc(C)sc2C)(c2ccccc2)CC1. The van der Waals surface area contributed by atoms with E-state index in [0.717, 1.165) is 11.1 Å². The Morgan fingerprint density at radius 1 is 1.21 bits per heavy atom. The summed E-state index contributed by atoms with van der Waals surface area (Å²) in [7, 11) is -3.25. The van der Waals surface area contributed by atoms with Gasteiger partial charge in [0.1, 0.15) is 0 Å². The third-order valence-electron chi connectivity index (χ3n) is 5.99. The zero-order valence-corrected chi connectivity index (χ0v) is 19.2. The first kappa shape index (κ1) is 22.0. The van der Waals surface area contributed by atoms with Crippen molar-refractivity contribution in [3.05, 3.63) is 57.3 Å². The Kier molecular flexibility index (Phi) is 6.51. The molecule has 0 spiro atoms. The molecule has 1 aliphatic heterocycles. The van der Waals surface area contributed by atoms with E-state index in [-0.39, 0.29) is 17.7 Å². The summed E-state index contributed by atoms with van der Waals surface area (Å²) in [5.41, 5.74) is 1.39. The second-order valence-electron chi connectivity index (χ2n) is 7.81. The number of carbonyl (C=O) groups excluding carboxylic acids is 1. The number of carbonyl (C=O) groups is 1. The summed E-state index contributed by atoms with van der Waals surface area (Å²) in [5, 5.41) is 3.23. The third kappa shape index (κ3) is 4.42. The highest BCUT2D eigenvalue weighted by Gasteiger charge is 2.45. The van der Waals surface area contributed by atoms with E-state index < -0.39 is 15.4 Å². The first-order valence-electron chi connectivity index (χ1n) is 10.1. The lowest BCUT2D eigenvalue weighted by atomic mass is 9.72. The fourth-order valence-electron chi connectivity index (χ4n) is 4.23. The molecule has 1 saturated heterocycles. The topological polar surface area (TPSA) is 66.5 Å². The molecule has 1 fully saturated rings. The molecule has 2 heterocycles. The quantitative estimate of drug-likeness (QED) is 0.749. The van der Waals surface area contributed by atoms with Crippen LogP contribution in [0.15, 0.2) is 36.4 Å². The lowest BCUT2D eigenvalue weighted by Crippen LogP contribution is -2.53. The molecule has 0 aliphatic carbocycles. The first-order valence-corrected chi connectivity index (χ1v) is 12.5. The van der Waals surface area contributed by atoms with Crippen LogP contribution in [0.5, 0.6) is 0 Å². The van der Waals surface area contributed by atoms with Gasteiger partial charge in [0.05, 0.1) is 17.2 Å². The monoisotopic (exact) mass is 434 g/mol. The molecule has 0 bridgehead atoms. The van der Waals surface area contributed by atoms with Crippen molar-refractivity contribution < 1.29 is 13.2 Å². The Morgan fingerprint density at radius 2 is 1.83 bits per heavy atom. The molecule has 2 aromatic rings. The van der Waals surface area contributed by atoms with Crippen LogP contribution in [0.4, 0.5) is 0 Å². The highest BCUT2D eigenvalue weighted by atomic mass is 32.2. The maximum Gasteiger partial charge on any atom is 0.231 e. The zero-order valence-electron chi connectivity index (χ0n) is 17.6. The van der Waals surface area contributed by atoms with Crippen molar-refractivity contribution in [1.82, 2.24) is 9.62 Å². The van der Waals surface area contributed by atoms with Crippen LogP contribution < -0.4 is 5.32 Å². The third-order valence-corrected chi connectivity index (χ3v) is 8.85. The van der Waals surface area contributed by atoms with Crippen molar-refractivity contribution in [1.29, 1.82) is 0 Å². The molecule has 158 valence electrons. The maximum absolute atomic E-state index is 13.6. The van der Waals surface area contributed by atoms with E-state index in [1.807, 2.05) is 37.3 Å². The minimum atomic E-state index is -3.25. The fourth-order valence-corrected chi connectivity index (χ4v) is 6.35. The molecule has 1 aromatic carbocycles. The van der Waals surface area contributed by atoms with E-state index in [4.69, 9.17) is 0 Å². The smallest absolute Gasteiger partial charge is 0.231 e. The number of aryl methyl sites for hydroxylation is 2. The van der Waals surface area contributed by atoms with Gasteiger partial charge in [0, 0.05) is 22.8 Å². The van der Waals surface area contributed by atoms with Gasteiger partial charge in [0.2, 0.25) is 15.9 Å². The standard InChI is InChI=1S/C22H30N2O3S2/c1-5-29(26,27)24-13-11-22(12-14-24,19-9-7-6-8-10-19)21(25)23-17(3)20-15-16(2)28-18(20)4/h6-10,15,17H,5,11-14H2,1-4H3,(H,23,25). The number of hydrogen-bond donors (Lipinski definition) is 1. The molecule has 1 atom stereocenters. The normalized spacial score (nSPS) is 18.3. The number of rotatable bonds is 6. The van der Waals surface area contributed by atoms with Crippen molar-refractivity contribution in [2.45, 2.75) is 52.0 Å². The van der Waals surface area contributed by atoms with Crippen LogP contribution in [0.25, 0.3) is 0 Å². The molecule has 1 unspecified atom stereocenters. The van der Waals surface area contributed by atoms with Gasteiger partial charge >= 0.3 is 0 Å². The van der Waals surface area contributed by atoms with Gasteiger partial charge in [-0.15, -0.1) is 11.3 Å². The predicted molar refractivity (Wildman–Crippen MR) is 119 cm³/mol. The second-order valence-corrected chi connectivity index (χ2v) is 11.5. The molecule has 1 aromatic heterocycles. The number of hydrogen-bond acceptors (Lipinski definition) is 4. The van der Waals surface area contributed by atoms with Crippen LogP contribution in [-0.2, 0) is 20.2 Å². The summed E-state index contributed by atoms with van der Waals surface area (Å²) in [6.45, 7) is 8.56. The van der Waals surface area contributed by atoms with Crippen molar-refractivity contribution in [2.75, 3.05) is 18.8 Å². The molecule has 3 rings (SSSR count). The van der Waals surface area contributed by atoms with Gasteiger partial charge in [-0.2, -0.15) is 0 Å². The predicted octanol–water partition coefficient (Wildman–Crippen LogP) is 3.93. The number of benzene rings is 1. The van der Waals surface area contributed by atoms with Gasteiger partial charge in [0.15, 0.2) is 0 Å². The molecule has 0 radical (unpaired) electrons. The lowest BCUT2D eigenvalue weighted by Gasteiger charge is -2.41. The highest BCUT2D eigenvalue weighted by Crippen LogP contribution is 2.38. The molecular weight excluding hydrogens is 404 g/mol. The number of thiophene rings is 1. The number of sulfonamides is 1. The Labute approximate surface area is 178 Å². The van der Waals surface area contributed by atoms with E-state index in [1.54, 1.807) is 18.3 Å². The molecular formula is C22H30N2O3S2. The van der Waals surface area contributed by atoms with Gasteiger partial charge < -0.3 is 5.32 Å². The summed E-state index contributed by atoms with van der Waals surface area (Å²) in [5.74, 6) is 0.0683. The van der Waals surface area contributed by atoms with Gasteiger partial charge in [-0.25, -0.2) is 12.7 Å². The fraction of sp³-hybridized carbons (Fsp3) is 0.500. The highest BCUT2D eigenvalue weighted by molar-refractivity contribution is 7.89. The van der Waals surface area contributed by atoms with Gasteiger partial charge in [-0.1, -0.05) is 30.3 Å². The minimum absolute atomic E-state index is 0.0204. The summed E-state index contributed by atoms with van der Waals surface area (Å²) < 4.78 is 26.1. The molecule has 0 saturated carbocycles. The van der Waals surface area contributed by atoms with Crippen molar-refractivity contribution in [2.24, 2.45) is 0 Å². The molecule has 1 aliphatic rings. The van der Waals surface area contributed by atoms with Gasteiger partial charge in [-0.3, -0.25) is 4.79 Å². The van der Waals surface area contributed by atoms with Crippen LogP contribution in [0.2, 0.25) is 0 Å². The van der Waals surface area contributed by atoms with Crippen LogP contribution in [0.1, 0.15) is 53.6 Å². The number of piperidine rings is 1. The molecule has 7 heteroatoms. The summed E-state index contributed by atoms with van der Waals surface area (Å²) in [6.07, 6.45) is 0.965. The lowest BCUT2D eigenvalue weighted by molar-refractivity contribution is -0.129. The number of nitrogens with one attached hydrogen (secondary N) is 1.